The molecule has 5 heteroatoms. The van der Waals surface area contributed by atoms with Crippen molar-refractivity contribution in [3.63, 3.8) is 0 Å². The molecule has 0 radical (unpaired) electrons. The maximum absolute atomic E-state index is 13.0. The lowest BCUT2D eigenvalue weighted by atomic mass is 9.97. The van der Waals surface area contributed by atoms with Gasteiger partial charge in [0.15, 0.2) is 5.69 Å². The van der Waals surface area contributed by atoms with Crippen molar-refractivity contribution in [2.24, 2.45) is 13.0 Å². The van der Waals surface area contributed by atoms with E-state index in [9.17, 15) is 9.90 Å². The molecule has 28 heavy (non-hydrogen) atoms. The lowest BCUT2D eigenvalue weighted by molar-refractivity contribution is 0.0780. The number of rotatable bonds is 5. The Labute approximate surface area is 165 Å². The van der Waals surface area contributed by atoms with Crippen LogP contribution in [0.5, 0.6) is 0 Å². The summed E-state index contributed by atoms with van der Waals surface area (Å²) in [4.78, 5) is 14.9. The first kappa shape index (κ1) is 18.4. The van der Waals surface area contributed by atoms with Crippen LogP contribution in [0.15, 0.2) is 60.7 Å². The smallest absolute Gasteiger partial charge is 0.274 e. The summed E-state index contributed by atoms with van der Waals surface area (Å²) in [6.45, 7) is 1.58. The number of hydrogen-bond acceptors (Lipinski definition) is 3. The molecule has 1 aromatic heterocycles. The van der Waals surface area contributed by atoms with Crippen LogP contribution in [0.2, 0.25) is 0 Å². The number of likely N-dealkylation sites (tertiary alicyclic amines) is 1. The van der Waals surface area contributed by atoms with Crippen LogP contribution in [-0.2, 0) is 20.1 Å². The van der Waals surface area contributed by atoms with E-state index in [0.29, 0.717) is 11.6 Å². The zero-order valence-corrected chi connectivity index (χ0v) is 16.1. The molecule has 2 heterocycles. The molecule has 3 aromatic rings. The molecule has 4 rings (SSSR count). The number of aliphatic hydroxyl groups excluding tert-OH is 1. The molecule has 1 atom stereocenters. The zero-order valence-electron chi connectivity index (χ0n) is 16.1. The third-order valence-electron chi connectivity index (χ3n) is 5.44. The number of carbonyl (C=O) groups excluding carboxylic acids is 1. The van der Waals surface area contributed by atoms with Crippen molar-refractivity contribution >= 4 is 5.91 Å². The fraction of sp³-hybridized carbons (Fsp3) is 0.304. The normalized spacial score (nSPS) is 16.5. The molecular weight excluding hydrogens is 350 g/mol. The average Bonchev–Trinajstić information content (AvgIpc) is 3.35. The van der Waals surface area contributed by atoms with E-state index in [1.807, 2.05) is 60.5 Å². The monoisotopic (exact) mass is 375 g/mol. The van der Waals surface area contributed by atoms with Crippen molar-refractivity contribution in [3.8, 4) is 11.3 Å². The summed E-state index contributed by atoms with van der Waals surface area (Å²) in [6, 6.07) is 19.9. The second kappa shape index (κ2) is 7.98. The van der Waals surface area contributed by atoms with Crippen LogP contribution in [-0.4, -0.2) is 38.8 Å². The summed E-state index contributed by atoms with van der Waals surface area (Å²) in [5, 5.41) is 13.8. The summed E-state index contributed by atoms with van der Waals surface area (Å²) >= 11 is 0. The summed E-state index contributed by atoms with van der Waals surface area (Å²) in [5.74, 6) is 0.444. The minimum atomic E-state index is 0.00406. The van der Waals surface area contributed by atoms with Gasteiger partial charge in [0.05, 0.1) is 12.3 Å². The van der Waals surface area contributed by atoms with E-state index < -0.39 is 0 Å². The third-order valence-corrected chi connectivity index (χ3v) is 5.44. The molecule has 1 unspecified atom stereocenters. The summed E-state index contributed by atoms with van der Waals surface area (Å²) < 4.78 is 1.77. The highest BCUT2D eigenvalue weighted by Gasteiger charge is 2.28. The predicted octanol–water partition coefficient (Wildman–Crippen LogP) is 3.28. The van der Waals surface area contributed by atoms with Gasteiger partial charge in [-0.25, -0.2) is 0 Å². The average molecular weight is 375 g/mol. The fourth-order valence-corrected chi connectivity index (χ4v) is 3.98. The van der Waals surface area contributed by atoms with Crippen molar-refractivity contribution in [2.75, 3.05) is 13.1 Å². The first-order valence-corrected chi connectivity index (χ1v) is 9.71. The number of aryl methyl sites for hydroxylation is 1. The Morgan fingerprint density at radius 2 is 1.89 bits per heavy atom. The number of aliphatic hydroxyl groups is 1. The van der Waals surface area contributed by atoms with E-state index in [0.717, 1.165) is 42.8 Å². The quantitative estimate of drug-likeness (QED) is 0.744. The second-order valence-electron chi connectivity index (χ2n) is 7.49. The van der Waals surface area contributed by atoms with E-state index >= 15 is 0 Å². The Kier molecular flexibility index (Phi) is 5.26. The van der Waals surface area contributed by atoms with E-state index in [2.05, 4.69) is 17.2 Å². The van der Waals surface area contributed by atoms with E-state index in [1.165, 1.54) is 5.56 Å². The van der Waals surface area contributed by atoms with Crippen LogP contribution < -0.4 is 0 Å². The number of nitrogens with zero attached hydrogens (tertiary/aromatic N) is 3. The molecule has 1 amide bonds. The lowest BCUT2D eigenvalue weighted by Gasteiger charge is -2.15. The van der Waals surface area contributed by atoms with E-state index in [-0.39, 0.29) is 12.5 Å². The van der Waals surface area contributed by atoms with E-state index in [4.69, 9.17) is 0 Å². The van der Waals surface area contributed by atoms with Gasteiger partial charge in [-0.1, -0.05) is 54.6 Å². The molecule has 1 aliphatic rings. The highest BCUT2D eigenvalue weighted by molar-refractivity contribution is 5.93. The molecule has 1 N–H and O–H groups in total. The van der Waals surface area contributed by atoms with Gasteiger partial charge >= 0.3 is 0 Å². The minimum absolute atomic E-state index is 0.00406. The summed E-state index contributed by atoms with van der Waals surface area (Å²) in [7, 11) is 1.88. The standard InChI is InChI=1S/C23H25N3O2/c1-25-22(20-8-3-2-4-9-20)14-21(24-25)23(28)26-11-10-18(15-26)12-17-6-5-7-19(13-17)16-27/h2-9,13-14,18,27H,10-12,15-16H2,1H3. The van der Waals surface area contributed by atoms with Gasteiger partial charge in [0.1, 0.15) is 0 Å². The van der Waals surface area contributed by atoms with Crippen molar-refractivity contribution in [3.05, 3.63) is 77.5 Å². The second-order valence-corrected chi connectivity index (χ2v) is 7.49. The summed E-state index contributed by atoms with van der Waals surface area (Å²) in [5.41, 5.74) is 4.66. The van der Waals surface area contributed by atoms with Crippen LogP contribution >= 0.6 is 0 Å². The number of hydrogen-bond donors (Lipinski definition) is 1. The van der Waals surface area contributed by atoms with Crippen LogP contribution in [0.3, 0.4) is 0 Å². The first-order valence-electron chi connectivity index (χ1n) is 9.71. The Morgan fingerprint density at radius 3 is 2.68 bits per heavy atom. The van der Waals surface area contributed by atoms with Gasteiger partial charge < -0.3 is 10.0 Å². The van der Waals surface area contributed by atoms with Gasteiger partial charge in [0.25, 0.3) is 5.91 Å². The van der Waals surface area contributed by atoms with Gasteiger partial charge in [-0.05, 0) is 41.5 Å². The fourth-order valence-electron chi connectivity index (χ4n) is 3.98. The van der Waals surface area contributed by atoms with Crippen molar-refractivity contribution in [1.82, 2.24) is 14.7 Å². The Hall–Kier alpha value is -2.92. The third kappa shape index (κ3) is 3.85. The lowest BCUT2D eigenvalue weighted by Crippen LogP contribution is -2.29. The molecular formula is C23H25N3O2. The van der Waals surface area contributed by atoms with Crippen molar-refractivity contribution in [1.29, 1.82) is 0 Å². The first-order chi connectivity index (χ1) is 13.6. The number of carbonyl (C=O) groups is 1. The molecule has 0 spiro atoms. The zero-order chi connectivity index (χ0) is 19.5. The SMILES string of the molecule is Cn1nc(C(=O)N2CCC(Cc3cccc(CO)c3)C2)cc1-c1ccccc1. The highest BCUT2D eigenvalue weighted by Crippen LogP contribution is 2.25. The topological polar surface area (TPSA) is 58.4 Å². The van der Waals surface area contributed by atoms with Gasteiger partial charge in [-0.15, -0.1) is 0 Å². The Bertz CT molecular complexity index is 965. The maximum Gasteiger partial charge on any atom is 0.274 e. The van der Waals surface area contributed by atoms with Crippen LogP contribution in [0.25, 0.3) is 11.3 Å². The summed E-state index contributed by atoms with van der Waals surface area (Å²) in [6.07, 6.45) is 1.92. The molecule has 0 aliphatic carbocycles. The molecule has 2 aromatic carbocycles. The van der Waals surface area contributed by atoms with Gasteiger partial charge in [-0.3, -0.25) is 9.48 Å². The van der Waals surface area contributed by atoms with Crippen LogP contribution in [0, 0.1) is 5.92 Å². The molecule has 1 fully saturated rings. The molecule has 1 saturated heterocycles. The molecule has 5 nitrogen and oxygen atoms in total. The number of benzene rings is 2. The Balaban J connectivity index is 1.43. The van der Waals surface area contributed by atoms with Crippen LogP contribution in [0.1, 0.15) is 28.0 Å². The van der Waals surface area contributed by atoms with Crippen LogP contribution in [0.4, 0.5) is 0 Å². The molecule has 0 bridgehead atoms. The number of aromatic nitrogens is 2. The largest absolute Gasteiger partial charge is 0.392 e. The number of amides is 1. The van der Waals surface area contributed by atoms with Gasteiger partial charge in [0.2, 0.25) is 0 Å². The maximum atomic E-state index is 13.0. The molecule has 1 aliphatic heterocycles. The Morgan fingerprint density at radius 1 is 1.11 bits per heavy atom. The molecule has 0 saturated carbocycles. The predicted molar refractivity (Wildman–Crippen MR) is 109 cm³/mol. The minimum Gasteiger partial charge on any atom is -0.392 e. The highest BCUT2D eigenvalue weighted by atomic mass is 16.3. The molecule has 144 valence electrons. The van der Waals surface area contributed by atoms with Crippen molar-refractivity contribution in [2.45, 2.75) is 19.4 Å². The van der Waals surface area contributed by atoms with Crippen molar-refractivity contribution < 1.29 is 9.90 Å². The van der Waals surface area contributed by atoms with Gasteiger partial charge in [0, 0.05) is 20.1 Å². The van der Waals surface area contributed by atoms with Gasteiger partial charge in [-0.2, -0.15) is 5.10 Å². The van der Waals surface area contributed by atoms with E-state index in [1.54, 1.807) is 4.68 Å².